The molecule has 1 aromatic rings. The summed E-state index contributed by atoms with van der Waals surface area (Å²) in [4.78, 5) is 50.4. The van der Waals surface area contributed by atoms with E-state index in [1.807, 2.05) is 0 Å². The van der Waals surface area contributed by atoms with E-state index >= 15 is 0 Å². The minimum atomic E-state index is -0.936. The number of esters is 1. The van der Waals surface area contributed by atoms with E-state index in [0.29, 0.717) is 24.3 Å². The Hall–Kier alpha value is -3.17. The summed E-state index contributed by atoms with van der Waals surface area (Å²) in [6.45, 7) is 0.565. The lowest BCUT2D eigenvalue weighted by Gasteiger charge is -2.36. The van der Waals surface area contributed by atoms with Crippen molar-refractivity contribution >= 4 is 23.7 Å². The summed E-state index contributed by atoms with van der Waals surface area (Å²) in [5.74, 6) is -1.36. The highest BCUT2D eigenvalue weighted by Gasteiger charge is 2.40. The zero-order valence-corrected chi connectivity index (χ0v) is 18.2. The van der Waals surface area contributed by atoms with Crippen LogP contribution in [0, 0.1) is 5.82 Å². The Balaban J connectivity index is 1.73. The maximum absolute atomic E-state index is 14.4. The van der Waals surface area contributed by atoms with E-state index in [-0.39, 0.29) is 50.5 Å². The SMILES string of the molecule is COC(=O)C[C@H]1C(=O)NCCN1C(=O)CC[C@]1(Cc2cc(OC)ccc2F)CCC(=O)N1. The molecule has 0 saturated carbocycles. The van der Waals surface area contributed by atoms with Crippen LogP contribution < -0.4 is 15.4 Å². The lowest BCUT2D eigenvalue weighted by Crippen LogP contribution is -2.58. The molecule has 2 heterocycles. The number of methoxy groups -OCH3 is 2. The molecule has 0 radical (unpaired) electrons. The van der Waals surface area contributed by atoms with Gasteiger partial charge in [-0.1, -0.05) is 0 Å². The number of piperazine rings is 1. The van der Waals surface area contributed by atoms with Crippen LogP contribution in [0.2, 0.25) is 0 Å². The van der Waals surface area contributed by atoms with Gasteiger partial charge in [0, 0.05) is 31.5 Å². The standard InChI is InChI=1S/C22H28FN3O6/c1-31-15-3-4-16(23)14(11-15)13-22(7-5-18(27)25-22)8-6-19(28)26-10-9-24-21(30)17(26)12-20(29)32-2/h3-4,11,17H,5-10,12-13H2,1-2H3,(H,24,30)(H,25,27)/t17-,22-/m0/s1. The smallest absolute Gasteiger partial charge is 0.308 e. The molecule has 0 unspecified atom stereocenters. The molecule has 10 heteroatoms. The van der Waals surface area contributed by atoms with Gasteiger partial charge in [-0.25, -0.2) is 4.39 Å². The van der Waals surface area contributed by atoms with E-state index in [1.54, 1.807) is 6.07 Å². The summed E-state index contributed by atoms with van der Waals surface area (Å²) < 4.78 is 24.3. The van der Waals surface area contributed by atoms with Crippen LogP contribution in [0.4, 0.5) is 4.39 Å². The van der Waals surface area contributed by atoms with Gasteiger partial charge in [0.1, 0.15) is 17.6 Å². The molecule has 0 bridgehead atoms. The molecule has 2 saturated heterocycles. The van der Waals surface area contributed by atoms with E-state index in [9.17, 15) is 23.6 Å². The molecule has 1 aromatic carbocycles. The first-order chi connectivity index (χ1) is 15.3. The van der Waals surface area contributed by atoms with Crippen molar-refractivity contribution in [2.24, 2.45) is 0 Å². The summed E-state index contributed by atoms with van der Waals surface area (Å²) >= 11 is 0. The van der Waals surface area contributed by atoms with Crippen molar-refractivity contribution in [3.8, 4) is 5.75 Å². The Morgan fingerprint density at radius 2 is 2.06 bits per heavy atom. The van der Waals surface area contributed by atoms with Crippen LogP contribution in [0.3, 0.4) is 0 Å². The van der Waals surface area contributed by atoms with Gasteiger partial charge in [0.05, 0.1) is 20.6 Å². The average molecular weight is 449 g/mol. The predicted molar refractivity (Wildman–Crippen MR) is 111 cm³/mol. The zero-order valence-electron chi connectivity index (χ0n) is 18.2. The number of nitrogens with zero attached hydrogens (tertiary/aromatic N) is 1. The molecule has 2 fully saturated rings. The molecular weight excluding hydrogens is 421 g/mol. The summed E-state index contributed by atoms with van der Waals surface area (Å²) in [6.07, 6.45) is 1.04. The highest BCUT2D eigenvalue weighted by atomic mass is 19.1. The lowest BCUT2D eigenvalue weighted by atomic mass is 9.84. The Bertz CT molecular complexity index is 908. The van der Waals surface area contributed by atoms with Crippen LogP contribution in [0.15, 0.2) is 18.2 Å². The number of nitrogens with one attached hydrogen (secondary N) is 2. The second-order valence-corrected chi connectivity index (χ2v) is 8.14. The summed E-state index contributed by atoms with van der Waals surface area (Å²) in [5.41, 5.74) is -0.393. The minimum Gasteiger partial charge on any atom is -0.497 e. The van der Waals surface area contributed by atoms with Crippen LogP contribution >= 0.6 is 0 Å². The van der Waals surface area contributed by atoms with Gasteiger partial charge in [-0.2, -0.15) is 0 Å². The van der Waals surface area contributed by atoms with E-state index in [4.69, 9.17) is 4.74 Å². The van der Waals surface area contributed by atoms with Gasteiger partial charge in [-0.15, -0.1) is 0 Å². The van der Waals surface area contributed by atoms with Crippen LogP contribution in [-0.4, -0.2) is 67.5 Å². The second-order valence-electron chi connectivity index (χ2n) is 8.14. The molecule has 0 aromatic heterocycles. The van der Waals surface area contributed by atoms with Crippen molar-refractivity contribution in [1.29, 1.82) is 0 Å². The van der Waals surface area contributed by atoms with Gasteiger partial charge >= 0.3 is 5.97 Å². The molecule has 32 heavy (non-hydrogen) atoms. The fourth-order valence-corrected chi connectivity index (χ4v) is 4.31. The van der Waals surface area contributed by atoms with Crippen molar-refractivity contribution in [3.63, 3.8) is 0 Å². The fourth-order valence-electron chi connectivity index (χ4n) is 4.31. The summed E-state index contributed by atoms with van der Waals surface area (Å²) in [6, 6.07) is 3.48. The summed E-state index contributed by atoms with van der Waals surface area (Å²) in [5, 5.41) is 5.59. The van der Waals surface area contributed by atoms with Crippen LogP contribution in [0.1, 0.15) is 37.7 Å². The number of hydrogen-bond donors (Lipinski definition) is 2. The van der Waals surface area contributed by atoms with Crippen LogP contribution in [-0.2, 0) is 30.3 Å². The van der Waals surface area contributed by atoms with Gasteiger partial charge in [-0.3, -0.25) is 19.2 Å². The van der Waals surface area contributed by atoms with Crippen LogP contribution in [0.25, 0.3) is 0 Å². The Kier molecular flexibility index (Phi) is 7.32. The fraction of sp³-hybridized carbons (Fsp3) is 0.545. The first-order valence-corrected chi connectivity index (χ1v) is 10.5. The van der Waals surface area contributed by atoms with Gasteiger partial charge in [0.2, 0.25) is 17.7 Å². The van der Waals surface area contributed by atoms with Crippen molar-refractivity contribution in [3.05, 3.63) is 29.6 Å². The van der Waals surface area contributed by atoms with Crippen molar-refractivity contribution in [1.82, 2.24) is 15.5 Å². The molecular formula is C22H28FN3O6. The molecule has 3 amide bonds. The minimum absolute atomic E-state index is 0.0385. The molecule has 2 aliphatic heterocycles. The Morgan fingerprint density at radius 1 is 1.28 bits per heavy atom. The third-order valence-electron chi connectivity index (χ3n) is 6.07. The number of ether oxygens (including phenoxy) is 2. The second kappa shape index (κ2) is 9.97. The third-order valence-corrected chi connectivity index (χ3v) is 6.07. The van der Waals surface area contributed by atoms with Gasteiger partial charge in [0.15, 0.2) is 0 Å². The average Bonchev–Trinajstić information content (AvgIpc) is 3.15. The predicted octanol–water partition coefficient (Wildman–Crippen LogP) is 0.696. The number of carbonyl (C=O) groups is 4. The van der Waals surface area contributed by atoms with E-state index < -0.39 is 29.3 Å². The summed E-state index contributed by atoms with van der Waals surface area (Å²) in [7, 11) is 2.71. The first-order valence-electron chi connectivity index (χ1n) is 10.5. The van der Waals surface area contributed by atoms with Crippen LogP contribution in [0.5, 0.6) is 5.75 Å². The quantitative estimate of drug-likeness (QED) is 0.565. The largest absolute Gasteiger partial charge is 0.497 e. The number of benzene rings is 1. The molecule has 0 spiro atoms. The van der Waals surface area contributed by atoms with E-state index in [1.165, 1.54) is 31.3 Å². The number of halogens is 1. The molecule has 3 rings (SSSR count). The molecule has 174 valence electrons. The Labute approximate surface area is 185 Å². The molecule has 2 N–H and O–H groups in total. The van der Waals surface area contributed by atoms with Crippen molar-refractivity contribution < 1.29 is 33.0 Å². The number of carbonyl (C=O) groups excluding carboxylic acids is 4. The first kappa shape index (κ1) is 23.5. The third kappa shape index (κ3) is 5.35. The Morgan fingerprint density at radius 3 is 2.72 bits per heavy atom. The van der Waals surface area contributed by atoms with Crippen molar-refractivity contribution in [2.75, 3.05) is 27.3 Å². The highest BCUT2D eigenvalue weighted by molar-refractivity contribution is 5.92. The van der Waals surface area contributed by atoms with Gasteiger partial charge in [-0.05, 0) is 43.0 Å². The molecule has 2 aliphatic rings. The topological polar surface area (TPSA) is 114 Å². The number of amides is 3. The van der Waals surface area contributed by atoms with Crippen molar-refractivity contribution in [2.45, 2.75) is 50.1 Å². The van der Waals surface area contributed by atoms with E-state index in [2.05, 4.69) is 15.4 Å². The van der Waals surface area contributed by atoms with Gasteiger partial charge < -0.3 is 25.0 Å². The molecule has 9 nitrogen and oxygen atoms in total. The normalized spacial score (nSPS) is 22.8. The monoisotopic (exact) mass is 449 g/mol. The number of hydrogen-bond acceptors (Lipinski definition) is 6. The number of rotatable bonds is 8. The maximum atomic E-state index is 14.4. The zero-order chi connectivity index (χ0) is 23.3. The molecule has 2 atom stereocenters. The highest BCUT2D eigenvalue weighted by Crippen LogP contribution is 2.32. The van der Waals surface area contributed by atoms with E-state index in [0.717, 1.165) is 0 Å². The maximum Gasteiger partial charge on any atom is 0.308 e. The van der Waals surface area contributed by atoms with Gasteiger partial charge in [0.25, 0.3) is 0 Å². The molecule has 0 aliphatic carbocycles. The lowest BCUT2D eigenvalue weighted by molar-refractivity contribution is -0.150.